The Kier molecular flexibility index (Phi) is 4.57. The number of hydrogen-bond donors (Lipinski definition) is 1. The van der Waals surface area contributed by atoms with E-state index in [0.717, 1.165) is 12.8 Å². The molecule has 0 atom stereocenters. The average molecular weight is 259 g/mol. The molecule has 5 heteroatoms. The zero-order valence-electron chi connectivity index (χ0n) is 10.7. The molecule has 0 unspecified atom stereocenters. The second-order valence-corrected chi connectivity index (χ2v) is 4.84. The molecule has 0 aliphatic heterocycles. The minimum Gasteiger partial charge on any atom is -0.297 e. The van der Waals surface area contributed by atoms with Crippen molar-refractivity contribution in [1.82, 2.24) is 9.55 Å². The molecule has 0 amide bonds. The molecule has 1 aromatic rings. The summed E-state index contributed by atoms with van der Waals surface area (Å²) in [4.78, 5) is 26.6. The molecule has 0 saturated heterocycles. The standard InChI is InChI=1S/C12H19ClN2O2/c1-5-8(6-2)15-11(16)9(7(3)4)10(13)14-12(15)17/h7-8H,5-6H2,1-4H3,(H,14,17). The zero-order valence-corrected chi connectivity index (χ0v) is 11.5. The molecule has 0 radical (unpaired) electrons. The number of nitrogens with zero attached hydrogens (tertiary/aromatic N) is 1. The first-order valence-corrected chi connectivity index (χ1v) is 6.35. The summed E-state index contributed by atoms with van der Waals surface area (Å²) in [5.74, 6) is -0.00698. The van der Waals surface area contributed by atoms with Gasteiger partial charge < -0.3 is 0 Å². The molecular formula is C12H19ClN2O2. The number of rotatable bonds is 4. The summed E-state index contributed by atoms with van der Waals surface area (Å²) >= 11 is 5.92. The van der Waals surface area contributed by atoms with Gasteiger partial charge in [-0.3, -0.25) is 14.3 Å². The van der Waals surface area contributed by atoms with Crippen LogP contribution >= 0.6 is 11.6 Å². The zero-order chi connectivity index (χ0) is 13.2. The molecule has 1 rings (SSSR count). The lowest BCUT2D eigenvalue weighted by atomic mass is 10.1. The maximum atomic E-state index is 12.3. The van der Waals surface area contributed by atoms with E-state index in [1.165, 1.54) is 4.57 Å². The number of nitrogens with one attached hydrogen (secondary N) is 1. The van der Waals surface area contributed by atoms with Crippen molar-refractivity contribution in [1.29, 1.82) is 0 Å². The molecule has 96 valence electrons. The molecule has 1 N–H and O–H groups in total. The molecule has 1 heterocycles. The van der Waals surface area contributed by atoms with Gasteiger partial charge in [0.1, 0.15) is 5.15 Å². The SMILES string of the molecule is CCC(CC)n1c(=O)[nH]c(Cl)c(C(C)C)c1=O. The Hall–Kier alpha value is -1.03. The predicted octanol–water partition coefficient (Wildman–Crippen LogP) is 2.67. The van der Waals surface area contributed by atoms with E-state index in [0.29, 0.717) is 5.56 Å². The van der Waals surface area contributed by atoms with Crippen molar-refractivity contribution in [3.05, 3.63) is 31.6 Å². The summed E-state index contributed by atoms with van der Waals surface area (Å²) in [5, 5.41) is 0.164. The second kappa shape index (κ2) is 5.54. The Labute approximate surface area is 106 Å². The van der Waals surface area contributed by atoms with Crippen LogP contribution < -0.4 is 11.2 Å². The lowest BCUT2D eigenvalue weighted by Gasteiger charge is -2.17. The molecule has 4 nitrogen and oxygen atoms in total. The predicted molar refractivity (Wildman–Crippen MR) is 70.0 cm³/mol. The van der Waals surface area contributed by atoms with Crippen LogP contribution in [-0.4, -0.2) is 9.55 Å². The fraction of sp³-hybridized carbons (Fsp3) is 0.667. The monoisotopic (exact) mass is 258 g/mol. The maximum Gasteiger partial charge on any atom is 0.329 e. The van der Waals surface area contributed by atoms with Gasteiger partial charge in [0.2, 0.25) is 0 Å². The molecule has 0 spiro atoms. The summed E-state index contributed by atoms with van der Waals surface area (Å²) in [6.45, 7) is 7.70. The fourth-order valence-corrected chi connectivity index (χ4v) is 2.40. The molecule has 17 heavy (non-hydrogen) atoms. The first kappa shape index (κ1) is 14.0. The molecule has 0 fully saturated rings. The van der Waals surface area contributed by atoms with Crippen LogP contribution in [0, 0.1) is 0 Å². The van der Waals surface area contributed by atoms with Crippen molar-refractivity contribution >= 4 is 11.6 Å². The van der Waals surface area contributed by atoms with E-state index >= 15 is 0 Å². The Morgan fingerprint density at radius 3 is 2.18 bits per heavy atom. The van der Waals surface area contributed by atoms with Crippen LogP contribution in [0.25, 0.3) is 0 Å². The first-order chi connectivity index (χ1) is 7.93. The quantitative estimate of drug-likeness (QED) is 0.845. The number of aromatic amines is 1. The smallest absolute Gasteiger partial charge is 0.297 e. The summed E-state index contributed by atoms with van der Waals surface area (Å²) in [7, 11) is 0. The van der Waals surface area contributed by atoms with Crippen LogP contribution in [-0.2, 0) is 0 Å². The number of halogens is 1. The highest BCUT2D eigenvalue weighted by molar-refractivity contribution is 6.30. The largest absolute Gasteiger partial charge is 0.329 e. The van der Waals surface area contributed by atoms with Gasteiger partial charge in [-0.2, -0.15) is 0 Å². The minimum absolute atomic E-state index is 0.00698. The van der Waals surface area contributed by atoms with Crippen molar-refractivity contribution in [2.24, 2.45) is 0 Å². The van der Waals surface area contributed by atoms with Crippen LogP contribution in [0.2, 0.25) is 5.15 Å². The van der Waals surface area contributed by atoms with Crippen molar-refractivity contribution in [2.75, 3.05) is 0 Å². The van der Waals surface area contributed by atoms with Gasteiger partial charge >= 0.3 is 5.69 Å². The molecule has 1 aromatic heterocycles. The van der Waals surface area contributed by atoms with Crippen molar-refractivity contribution in [3.8, 4) is 0 Å². The Bertz CT molecular complexity index is 498. The van der Waals surface area contributed by atoms with Gasteiger partial charge in [0.15, 0.2) is 0 Å². The fourth-order valence-electron chi connectivity index (χ4n) is 2.02. The second-order valence-electron chi connectivity index (χ2n) is 4.46. The number of hydrogen-bond acceptors (Lipinski definition) is 2. The van der Waals surface area contributed by atoms with E-state index in [4.69, 9.17) is 11.6 Å². The van der Waals surface area contributed by atoms with Gasteiger partial charge in [-0.25, -0.2) is 4.79 Å². The summed E-state index contributed by atoms with van der Waals surface area (Å²) < 4.78 is 1.29. The van der Waals surface area contributed by atoms with Crippen LogP contribution in [0.5, 0.6) is 0 Å². The summed E-state index contributed by atoms with van der Waals surface area (Å²) in [6, 6.07) is -0.0685. The lowest BCUT2D eigenvalue weighted by Crippen LogP contribution is -2.40. The van der Waals surface area contributed by atoms with Gasteiger partial charge in [-0.1, -0.05) is 39.3 Å². The topological polar surface area (TPSA) is 54.9 Å². The molecular weight excluding hydrogens is 240 g/mol. The van der Waals surface area contributed by atoms with Crippen LogP contribution in [0.1, 0.15) is 58.1 Å². The number of H-pyrrole nitrogens is 1. The minimum atomic E-state index is -0.418. The van der Waals surface area contributed by atoms with Crippen molar-refractivity contribution in [3.63, 3.8) is 0 Å². The highest BCUT2D eigenvalue weighted by Crippen LogP contribution is 2.18. The Morgan fingerprint density at radius 1 is 1.24 bits per heavy atom. The van der Waals surface area contributed by atoms with Gasteiger partial charge in [0.05, 0.1) is 5.56 Å². The van der Waals surface area contributed by atoms with Crippen LogP contribution in [0.15, 0.2) is 9.59 Å². The third-order valence-corrected chi connectivity index (χ3v) is 3.30. The summed E-state index contributed by atoms with van der Waals surface area (Å²) in [6.07, 6.45) is 1.50. The van der Waals surface area contributed by atoms with E-state index in [1.807, 2.05) is 27.7 Å². The third kappa shape index (κ3) is 2.63. The van der Waals surface area contributed by atoms with E-state index in [9.17, 15) is 9.59 Å². The molecule has 0 aliphatic carbocycles. The first-order valence-electron chi connectivity index (χ1n) is 5.98. The van der Waals surface area contributed by atoms with Gasteiger partial charge in [-0.15, -0.1) is 0 Å². The highest BCUT2D eigenvalue weighted by atomic mass is 35.5. The normalized spacial score (nSPS) is 11.5. The van der Waals surface area contributed by atoms with Gasteiger partial charge in [-0.05, 0) is 18.8 Å². The lowest BCUT2D eigenvalue weighted by molar-refractivity contribution is 0.435. The molecule has 0 bridgehead atoms. The van der Waals surface area contributed by atoms with Gasteiger partial charge in [0.25, 0.3) is 5.56 Å². The van der Waals surface area contributed by atoms with E-state index in [2.05, 4.69) is 4.98 Å². The van der Waals surface area contributed by atoms with Crippen molar-refractivity contribution in [2.45, 2.75) is 52.5 Å². The Balaban J connectivity index is 3.57. The highest BCUT2D eigenvalue weighted by Gasteiger charge is 2.19. The van der Waals surface area contributed by atoms with Crippen LogP contribution in [0.3, 0.4) is 0 Å². The molecule has 0 aromatic carbocycles. The molecule has 0 saturated carbocycles. The van der Waals surface area contributed by atoms with Crippen LogP contribution in [0.4, 0.5) is 0 Å². The Morgan fingerprint density at radius 2 is 1.76 bits per heavy atom. The molecule has 0 aliphatic rings. The maximum absolute atomic E-state index is 12.3. The van der Waals surface area contributed by atoms with Crippen molar-refractivity contribution < 1.29 is 0 Å². The van der Waals surface area contributed by atoms with E-state index in [1.54, 1.807) is 0 Å². The van der Waals surface area contributed by atoms with Gasteiger partial charge in [0, 0.05) is 6.04 Å². The number of aromatic nitrogens is 2. The third-order valence-electron chi connectivity index (χ3n) is 3.01. The average Bonchev–Trinajstić information content (AvgIpc) is 2.22. The van der Waals surface area contributed by atoms with E-state index < -0.39 is 5.69 Å². The van der Waals surface area contributed by atoms with E-state index in [-0.39, 0.29) is 22.7 Å². The summed E-state index contributed by atoms with van der Waals surface area (Å²) in [5.41, 5.74) is -0.196.